The fraction of sp³-hybridized carbons (Fsp3) is 0.273. The number of carbonyl (C=O) groups excluding carboxylic acids is 1. The van der Waals surface area contributed by atoms with Crippen LogP contribution in [0.15, 0.2) is 60.9 Å². The average Bonchev–Trinajstić information content (AvgIpc) is 3.43. The Labute approximate surface area is 163 Å². The highest BCUT2D eigenvalue weighted by molar-refractivity contribution is 6.04. The third-order valence-corrected chi connectivity index (χ3v) is 5.24. The molecule has 0 radical (unpaired) electrons. The molecule has 0 bridgehead atoms. The summed E-state index contributed by atoms with van der Waals surface area (Å²) in [6.45, 7) is 0.625. The third kappa shape index (κ3) is 3.22. The van der Waals surface area contributed by atoms with Gasteiger partial charge in [-0.25, -0.2) is 0 Å². The summed E-state index contributed by atoms with van der Waals surface area (Å²) < 4.78 is 13.8. The van der Waals surface area contributed by atoms with Crippen molar-refractivity contribution in [3.63, 3.8) is 0 Å². The van der Waals surface area contributed by atoms with Crippen LogP contribution >= 0.6 is 0 Å². The van der Waals surface area contributed by atoms with E-state index >= 15 is 0 Å². The quantitative estimate of drug-likeness (QED) is 0.741. The van der Waals surface area contributed by atoms with E-state index in [1.165, 1.54) is 0 Å². The number of hydrogen-bond acceptors (Lipinski definition) is 4. The zero-order valence-corrected chi connectivity index (χ0v) is 15.4. The Morgan fingerprint density at radius 2 is 1.86 bits per heavy atom. The van der Waals surface area contributed by atoms with E-state index in [0.717, 1.165) is 37.0 Å². The van der Waals surface area contributed by atoms with Crippen molar-refractivity contribution in [2.24, 2.45) is 0 Å². The van der Waals surface area contributed by atoms with Gasteiger partial charge in [-0.15, -0.1) is 0 Å². The minimum absolute atomic E-state index is 0.200. The molecule has 2 aliphatic rings. The number of nitrogens with zero attached hydrogens (tertiary/aromatic N) is 2. The Balaban J connectivity index is 1.27. The highest BCUT2D eigenvalue weighted by Gasteiger charge is 2.44. The van der Waals surface area contributed by atoms with Crippen LogP contribution in [0.3, 0.4) is 0 Å². The lowest BCUT2D eigenvalue weighted by Gasteiger charge is -2.21. The number of amides is 1. The lowest BCUT2D eigenvalue weighted by Crippen LogP contribution is -2.34. The second kappa shape index (κ2) is 6.71. The van der Waals surface area contributed by atoms with Crippen molar-refractivity contribution in [3.8, 4) is 11.5 Å². The Bertz CT molecular complexity index is 1010. The molecule has 3 aromatic rings. The first-order chi connectivity index (χ1) is 13.7. The zero-order chi connectivity index (χ0) is 19.0. The summed E-state index contributed by atoms with van der Waals surface area (Å²) in [6, 6.07) is 15.5. The van der Waals surface area contributed by atoms with Gasteiger partial charge in [0, 0.05) is 30.8 Å². The van der Waals surface area contributed by atoms with Crippen molar-refractivity contribution in [1.29, 1.82) is 0 Å². The maximum atomic E-state index is 12.6. The van der Waals surface area contributed by atoms with Gasteiger partial charge in [0.15, 0.2) is 11.5 Å². The Morgan fingerprint density at radius 1 is 1.07 bits per heavy atom. The monoisotopic (exact) mass is 375 g/mol. The fourth-order valence-electron chi connectivity index (χ4n) is 3.83. The minimum Gasteiger partial charge on any atom is -0.448 e. The molecular weight excluding hydrogens is 354 g/mol. The summed E-state index contributed by atoms with van der Waals surface area (Å²) in [5.41, 5.74) is 2.33. The first kappa shape index (κ1) is 16.9. The zero-order valence-electron chi connectivity index (χ0n) is 15.4. The van der Waals surface area contributed by atoms with E-state index in [9.17, 15) is 4.79 Å². The second-order valence-electron chi connectivity index (χ2n) is 7.35. The molecule has 1 fully saturated rings. The molecule has 1 amide bonds. The van der Waals surface area contributed by atoms with Gasteiger partial charge in [-0.2, -0.15) is 5.10 Å². The van der Waals surface area contributed by atoms with Gasteiger partial charge in [0.25, 0.3) is 11.7 Å². The van der Waals surface area contributed by atoms with Crippen molar-refractivity contribution >= 4 is 11.6 Å². The number of ether oxygens (including phenoxy) is 2. The summed E-state index contributed by atoms with van der Waals surface area (Å²) in [5, 5.41) is 7.21. The second-order valence-corrected chi connectivity index (χ2v) is 7.35. The third-order valence-electron chi connectivity index (χ3n) is 5.24. The average molecular weight is 375 g/mol. The largest absolute Gasteiger partial charge is 0.448 e. The molecule has 1 N–H and O–H groups in total. The molecular formula is C22H21N3O3. The van der Waals surface area contributed by atoms with Gasteiger partial charge in [0.1, 0.15) is 0 Å². The molecule has 2 aromatic carbocycles. The Morgan fingerprint density at radius 3 is 2.68 bits per heavy atom. The van der Waals surface area contributed by atoms with Gasteiger partial charge in [-0.1, -0.05) is 30.3 Å². The molecule has 1 aliphatic heterocycles. The molecule has 1 saturated carbocycles. The van der Waals surface area contributed by atoms with Crippen LogP contribution in [0.25, 0.3) is 0 Å². The topological polar surface area (TPSA) is 65.4 Å². The standard InChI is InChI=1S/C22H21N3O3/c26-21(17-13-23-25(15-17)14-16-6-2-1-3-7-16)24-18-8-9-19-20(12-18)28-22(27-19)10-4-5-11-22/h1-3,6-9,12-13,15H,4-5,10-11,14H2,(H,24,26). The van der Waals surface area contributed by atoms with Gasteiger partial charge in [-0.3, -0.25) is 9.48 Å². The van der Waals surface area contributed by atoms with Crippen LogP contribution < -0.4 is 14.8 Å². The van der Waals surface area contributed by atoms with Crippen molar-refractivity contribution in [2.75, 3.05) is 5.32 Å². The number of rotatable bonds is 4. The van der Waals surface area contributed by atoms with Gasteiger partial charge in [0.05, 0.1) is 18.3 Å². The molecule has 0 unspecified atom stereocenters. The van der Waals surface area contributed by atoms with Gasteiger partial charge < -0.3 is 14.8 Å². The van der Waals surface area contributed by atoms with Crippen LogP contribution in [0.5, 0.6) is 11.5 Å². The maximum absolute atomic E-state index is 12.6. The molecule has 28 heavy (non-hydrogen) atoms. The highest BCUT2D eigenvalue weighted by Crippen LogP contribution is 2.47. The first-order valence-electron chi connectivity index (χ1n) is 9.59. The van der Waals surface area contributed by atoms with Crippen LogP contribution in [-0.2, 0) is 6.54 Å². The maximum Gasteiger partial charge on any atom is 0.258 e. The minimum atomic E-state index is -0.496. The van der Waals surface area contributed by atoms with Gasteiger partial charge in [-0.05, 0) is 30.5 Å². The lowest BCUT2D eigenvalue weighted by molar-refractivity contribution is -0.0716. The molecule has 5 rings (SSSR count). The smallest absolute Gasteiger partial charge is 0.258 e. The summed E-state index contributed by atoms with van der Waals surface area (Å²) in [7, 11) is 0. The molecule has 2 heterocycles. The number of benzene rings is 2. The molecule has 142 valence electrons. The number of carbonyl (C=O) groups is 1. The molecule has 6 heteroatoms. The molecule has 1 aliphatic carbocycles. The van der Waals surface area contributed by atoms with Crippen molar-refractivity contribution in [1.82, 2.24) is 9.78 Å². The summed E-state index contributed by atoms with van der Waals surface area (Å²) in [6.07, 6.45) is 7.38. The molecule has 0 atom stereocenters. The number of aromatic nitrogens is 2. The lowest BCUT2D eigenvalue weighted by atomic mass is 10.2. The van der Waals surface area contributed by atoms with Crippen molar-refractivity contribution in [2.45, 2.75) is 38.0 Å². The summed E-state index contributed by atoms with van der Waals surface area (Å²) in [5.74, 6) is 0.743. The van der Waals surface area contributed by atoms with E-state index in [2.05, 4.69) is 10.4 Å². The number of nitrogens with one attached hydrogen (secondary N) is 1. The summed E-state index contributed by atoms with van der Waals surface area (Å²) in [4.78, 5) is 12.6. The number of anilines is 1. The van der Waals surface area contributed by atoms with E-state index < -0.39 is 5.79 Å². The SMILES string of the molecule is O=C(Nc1ccc2c(c1)OC1(CCCC1)O2)c1cnn(Cc2ccccc2)c1. The molecule has 0 saturated heterocycles. The highest BCUT2D eigenvalue weighted by atomic mass is 16.7. The number of hydrogen-bond donors (Lipinski definition) is 1. The van der Waals surface area contributed by atoms with Gasteiger partial charge in [0.2, 0.25) is 0 Å². The Kier molecular flexibility index (Phi) is 4.04. The van der Waals surface area contributed by atoms with E-state index in [1.807, 2.05) is 48.5 Å². The molecule has 1 spiro atoms. The first-order valence-corrected chi connectivity index (χ1v) is 9.59. The normalized spacial score (nSPS) is 16.4. The van der Waals surface area contributed by atoms with E-state index in [1.54, 1.807) is 17.1 Å². The van der Waals surface area contributed by atoms with Crippen LogP contribution in [0, 0.1) is 0 Å². The fourth-order valence-corrected chi connectivity index (χ4v) is 3.83. The molecule has 1 aromatic heterocycles. The predicted octanol–water partition coefficient (Wildman–Crippen LogP) is 4.23. The summed E-state index contributed by atoms with van der Waals surface area (Å²) >= 11 is 0. The van der Waals surface area contributed by atoms with Crippen LogP contribution in [0.1, 0.15) is 41.6 Å². The number of fused-ring (bicyclic) bond motifs is 1. The predicted molar refractivity (Wildman–Crippen MR) is 105 cm³/mol. The van der Waals surface area contributed by atoms with E-state index in [-0.39, 0.29) is 5.91 Å². The van der Waals surface area contributed by atoms with E-state index in [4.69, 9.17) is 9.47 Å². The Hall–Kier alpha value is -3.28. The van der Waals surface area contributed by atoms with Crippen LogP contribution in [-0.4, -0.2) is 21.5 Å². The molecule has 6 nitrogen and oxygen atoms in total. The van der Waals surface area contributed by atoms with Crippen LogP contribution in [0.2, 0.25) is 0 Å². The van der Waals surface area contributed by atoms with E-state index in [0.29, 0.717) is 23.5 Å². The van der Waals surface area contributed by atoms with Crippen LogP contribution in [0.4, 0.5) is 5.69 Å². The van der Waals surface area contributed by atoms with Crippen molar-refractivity contribution < 1.29 is 14.3 Å². The van der Waals surface area contributed by atoms with Gasteiger partial charge >= 0.3 is 0 Å². The van der Waals surface area contributed by atoms with Crippen molar-refractivity contribution in [3.05, 3.63) is 72.1 Å².